The Morgan fingerprint density at radius 2 is 1.72 bits per heavy atom. The van der Waals surface area contributed by atoms with Gasteiger partial charge < -0.3 is 10.2 Å². The summed E-state index contributed by atoms with van der Waals surface area (Å²) in [6.45, 7) is 4.78. The Morgan fingerprint density at radius 1 is 1.10 bits per heavy atom. The SMILES string of the molecule is CCCN(CCC)S(=O)(=O)c1ccc(C(=O)O)cc1.Oc1ncnc2[nH]ncc12. The fourth-order valence-corrected chi connectivity index (χ4v) is 4.15. The smallest absolute Gasteiger partial charge is 0.335 e. The average molecular weight is 421 g/mol. The lowest BCUT2D eigenvalue weighted by Gasteiger charge is -2.20. The molecule has 0 radical (unpaired) electrons. The molecule has 0 saturated heterocycles. The molecule has 2 aromatic heterocycles. The van der Waals surface area contributed by atoms with Crippen LogP contribution in [0.15, 0.2) is 41.7 Å². The highest BCUT2D eigenvalue weighted by Crippen LogP contribution is 2.17. The van der Waals surface area contributed by atoms with Gasteiger partial charge in [0.15, 0.2) is 5.65 Å². The summed E-state index contributed by atoms with van der Waals surface area (Å²) in [5.74, 6) is -1.11. The number of sulfonamides is 1. The second-order valence-electron chi connectivity index (χ2n) is 6.06. The number of benzene rings is 1. The molecule has 0 atom stereocenters. The van der Waals surface area contributed by atoms with Crippen LogP contribution in [0, 0.1) is 0 Å². The summed E-state index contributed by atoms with van der Waals surface area (Å²) in [7, 11) is -3.53. The van der Waals surface area contributed by atoms with Gasteiger partial charge in [-0.25, -0.2) is 23.2 Å². The summed E-state index contributed by atoms with van der Waals surface area (Å²) < 4.78 is 26.2. The van der Waals surface area contributed by atoms with Gasteiger partial charge in [-0.2, -0.15) is 9.40 Å². The number of aromatic carboxylic acids is 1. The van der Waals surface area contributed by atoms with Crippen LogP contribution in [0.25, 0.3) is 11.0 Å². The number of hydrogen-bond donors (Lipinski definition) is 3. The van der Waals surface area contributed by atoms with Gasteiger partial charge in [0, 0.05) is 13.1 Å². The summed E-state index contributed by atoms with van der Waals surface area (Å²) in [5.41, 5.74) is 0.629. The highest BCUT2D eigenvalue weighted by atomic mass is 32.2. The third-order valence-electron chi connectivity index (χ3n) is 3.91. The van der Waals surface area contributed by atoms with Crippen LogP contribution in [0.1, 0.15) is 37.0 Å². The van der Waals surface area contributed by atoms with Gasteiger partial charge in [-0.15, -0.1) is 0 Å². The van der Waals surface area contributed by atoms with Crippen LogP contribution >= 0.6 is 0 Å². The van der Waals surface area contributed by atoms with Crippen LogP contribution in [-0.4, -0.2) is 62.2 Å². The van der Waals surface area contributed by atoms with Gasteiger partial charge in [-0.3, -0.25) is 5.10 Å². The molecule has 0 aliphatic carbocycles. The molecule has 29 heavy (non-hydrogen) atoms. The number of nitrogens with one attached hydrogen (secondary N) is 1. The number of carboxylic acids is 1. The lowest BCUT2D eigenvalue weighted by atomic mass is 10.2. The maximum absolute atomic E-state index is 12.4. The Bertz CT molecular complexity index is 1040. The molecule has 0 spiro atoms. The molecule has 10 nitrogen and oxygen atoms in total. The molecule has 0 aliphatic rings. The monoisotopic (exact) mass is 421 g/mol. The zero-order chi connectivity index (χ0) is 21.4. The fraction of sp³-hybridized carbons (Fsp3) is 0.333. The van der Waals surface area contributed by atoms with Gasteiger partial charge in [0.05, 0.1) is 16.7 Å². The summed E-state index contributed by atoms with van der Waals surface area (Å²) in [6.07, 6.45) is 4.24. The molecule has 2 heterocycles. The van der Waals surface area contributed by atoms with Crippen molar-refractivity contribution in [1.29, 1.82) is 0 Å². The number of aromatic hydroxyl groups is 1. The number of fused-ring (bicyclic) bond motifs is 1. The van der Waals surface area contributed by atoms with Crippen LogP contribution in [0.5, 0.6) is 5.88 Å². The molecule has 3 rings (SSSR count). The molecular formula is C18H23N5O5S. The van der Waals surface area contributed by atoms with E-state index in [1.807, 2.05) is 13.8 Å². The zero-order valence-corrected chi connectivity index (χ0v) is 16.9. The molecule has 3 aromatic rings. The fourth-order valence-electron chi connectivity index (χ4n) is 2.52. The standard InChI is InChI=1S/C13H19NO4S.C5H4N4O/c1-3-9-14(10-4-2)19(17,18)12-7-5-11(6-8-12)13(15)16;10-5-3-1-8-9-4(3)6-2-7-5/h5-8H,3-4,9-10H2,1-2H3,(H,15,16);1-2H,(H2,6,7,8,9,10). The van der Waals surface area contributed by atoms with Gasteiger partial charge in [0.1, 0.15) is 11.7 Å². The predicted octanol–water partition coefficient (Wildman–Crippen LogP) is 2.25. The van der Waals surface area contributed by atoms with Crippen LogP contribution < -0.4 is 0 Å². The van der Waals surface area contributed by atoms with Crippen molar-refractivity contribution in [1.82, 2.24) is 24.5 Å². The Hall–Kier alpha value is -3.05. The molecule has 0 saturated carbocycles. The number of carboxylic acid groups (broad SMARTS) is 1. The molecule has 156 valence electrons. The van der Waals surface area contributed by atoms with Crippen molar-refractivity contribution in [2.75, 3.05) is 13.1 Å². The summed E-state index contributed by atoms with van der Waals surface area (Å²) >= 11 is 0. The molecule has 3 N–H and O–H groups in total. The normalized spacial score (nSPS) is 11.3. The van der Waals surface area contributed by atoms with Crippen molar-refractivity contribution in [2.24, 2.45) is 0 Å². The van der Waals surface area contributed by atoms with Crippen LogP contribution in [-0.2, 0) is 10.0 Å². The summed E-state index contributed by atoms with van der Waals surface area (Å²) in [4.78, 5) is 18.3. The van der Waals surface area contributed by atoms with Crippen molar-refractivity contribution in [3.8, 4) is 5.88 Å². The Balaban J connectivity index is 0.000000248. The third kappa shape index (κ3) is 5.48. The molecule has 1 aromatic carbocycles. The lowest BCUT2D eigenvalue weighted by molar-refractivity contribution is 0.0696. The molecule has 11 heteroatoms. The first-order valence-corrected chi connectivity index (χ1v) is 10.4. The minimum absolute atomic E-state index is 0.0428. The number of rotatable bonds is 7. The van der Waals surface area contributed by atoms with E-state index < -0.39 is 16.0 Å². The van der Waals surface area contributed by atoms with E-state index in [1.54, 1.807) is 0 Å². The Kier molecular flexibility index (Phi) is 7.62. The van der Waals surface area contributed by atoms with Gasteiger partial charge in [0.25, 0.3) is 0 Å². The molecular weight excluding hydrogens is 398 g/mol. The van der Waals surface area contributed by atoms with Gasteiger partial charge >= 0.3 is 5.97 Å². The topological polar surface area (TPSA) is 149 Å². The summed E-state index contributed by atoms with van der Waals surface area (Å²) in [5, 5.41) is 24.7. The summed E-state index contributed by atoms with van der Waals surface area (Å²) in [6, 6.07) is 5.31. The zero-order valence-electron chi connectivity index (χ0n) is 16.1. The molecule has 0 bridgehead atoms. The number of carbonyl (C=O) groups is 1. The first kappa shape index (κ1) is 22.2. The minimum Gasteiger partial charge on any atom is -0.493 e. The van der Waals surface area contributed by atoms with E-state index in [0.717, 1.165) is 12.8 Å². The van der Waals surface area contributed by atoms with Crippen molar-refractivity contribution >= 4 is 27.0 Å². The molecule has 0 fully saturated rings. The largest absolute Gasteiger partial charge is 0.493 e. The number of aromatic amines is 1. The Morgan fingerprint density at radius 3 is 2.24 bits per heavy atom. The van der Waals surface area contributed by atoms with Crippen molar-refractivity contribution < 1.29 is 23.4 Å². The van der Waals surface area contributed by atoms with E-state index in [-0.39, 0.29) is 16.3 Å². The quantitative estimate of drug-likeness (QED) is 0.526. The predicted molar refractivity (Wildman–Crippen MR) is 106 cm³/mol. The van der Waals surface area contributed by atoms with Gasteiger partial charge in [-0.05, 0) is 37.1 Å². The van der Waals surface area contributed by atoms with E-state index >= 15 is 0 Å². The van der Waals surface area contributed by atoms with Crippen molar-refractivity contribution in [3.63, 3.8) is 0 Å². The van der Waals surface area contributed by atoms with E-state index in [9.17, 15) is 13.2 Å². The Labute approximate surface area is 168 Å². The van der Waals surface area contributed by atoms with Gasteiger partial charge in [0.2, 0.25) is 15.9 Å². The van der Waals surface area contributed by atoms with Crippen molar-refractivity contribution in [2.45, 2.75) is 31.6 Å². The lowest BCUT2D eigenvalue weighted by Crippen LogP contribution is -2.32. The van der Waals surface area contributed by atoms with Crippen LogP contribution in [0.4, 0.5) is 0 Å². The number of nitrogens with zero attached hydrogens (tertiary/aromatic N) is 4. The number of hydrogen-bond acceptors (Lipinski definition) is 7. The number of aromatic nitrogens is 4. The maximum atomic E-state index is 12.4. The minimum atomic E-state index is -3.53. The highest BCUT2D eigenvalue weighted by molar-refractivity contribution is 7.89. The second-order valence-corrected chi connectivity index (χ2v) is 8.00. The number of H-pyrrole nitrogens is 1. The molecule has 0 amide bonds. The van der Waals surface area contributed by atoms with E-state index in [4.69, 9.17) is 10.2 Å². The van der Waals surface area contributed by atoms with E-state index in [2.05, 4.69) is 20.2 Å². The van der Waals surface area contributed by atoms with Crippen LogP contribution in [0.3, 0.4) is 0 Å². The first-order valence-electron chi connectivity index (χ1n) is 8.97. The first-order chi connectivity index (χ1) is 13.8. The van der Waals surface area contributed by atoms with Crippen LogP contribution in [0.2, 0.25) is 0 Å². The maximum Gasteiger partial charge on any atom is 0.335 e. The molecule has 0 aliphatic heterocycles. The van der Waals surface area contributed by atoms with E-state index in [0.29, 0.717) is 24.1 Å². The van der Waals surface area contributed by atoms with Gasteiger partial charge in [-0.1, -0.05) is 13.8 Å². The molecule has 0 unspecified atom stereocenters. The average Bonchev–Trinajstić information content (AvgIpc) is 3.19. The second kappa shape index (κ2) is 9.94. The highest BCUT2D eigenvalue weighted by Gasteiger charge is 2.23. The third-order valence-corrected chi connectivity index (χ3v) is 5.82. The van der Waals surface area contributed by atoms with E-state index in [1.165, 1.54) is 41.1 Å². The van der Waals surface area contributed by atoms with Crippen molar-refractivity contribution in [3.05, 3.63) is 42.4 Å².